The van der Waals surface area contributed by atoms with Gasteiger partial charge in [-0.1, -0.05) is 64.6 Å². The van der Waals surface area contributed by atoms with Crippen molar-refractivity contribution in [3.63, 3.8) is 0 Å². The van der Waals surface area contributed by atoms with Crippen molar-refractivity contribution in [2.45, 2.75) is 18.4 Å². The summed E-state index contributed by atoms with van der Waals surface area (Å²) in [6.07, 6.45) is 1.24. The van der Waals surface area contributed by atoms with Crippen molar-refractivity contribution < 1.29 is 17.9 Å². The summed E-state index contributed by atoms with van der Waals surface area (Å²) in [5.74, 6) is 0.557. The number of para-hydroxylation sites is 1. The molecule has 0 unspecified atom stereocenters. The normalized spacial score (nSPS) is 11.7. The molecule has 0 N–H and O–H groups in total. The van der Waals surface area contributed by atoms with Crippen LogP contribution in [0.15, 0.2) is 64.4 Å². The summed E-state index contributed by atoms with van der Waals surface area (Å²) in [7, 11) is -2.60. The molecule has 9 heteroatoms. The number of ether oxygens (including phenoxy) is 2. The third-order valence-electron chi connectivity index (χ3n) is 4.75. The molecule has 3 aromatic carbocycles. The first-order valence-corrected chi connectivity index (χ1v) is 12.2. The summed E-state index contributed by atoms with van der Waals surface area (Å²) in [6, 6.07) is 16.1. The van der Waals surface area contributed by atoms with Crippen LogP contribution in [0, 0.1) is 18.3 Å². The first kappa shape index (κ1) is 24.9. The van der Waals surface area contributed by atoms with Crippen molar-refractivity contribution in [1.82, 2.24) is 0 Å². The standard InChI is InChI=1S/C24H18Cl3NO4S/c1-15-6-8-17(9-7-15)33(29,30)18(13-28)12-16-4-3-5-22(31-2)24(16)32-14-19-20(25)10-11-21(26)23(19)27/h3-12H,14H2,1-2H3. The Morgan fingerprint density at radius 3 is 2.33 bits per heavy atom. The number of methoxy groups -OCH3 is 1. The summed E-state index contributed by atoms with van der Waals surface area (Å²) < 4.78 is 37.4. The predicted octanol–water partition coefficient (Wildman–Crippen LogP) is 6.88. The molecule has 0 heterocycles. The molecule has 0 bridgehead atoms. The van der Waals surface area contributed by atoms with E-state index in [-0.39, 0.29) is 22.3 Å². The van der Waals surface area contributed by atoms with E-state index in [9.17, 15) is 13.7 Å². The Labute approximate surface area is 207 Å². The molecular weight excluding hydrogens is 505 g/mol. The minimum atomic E-state index is -4.04. The van der Waals surface area contributed by atoms with E-state index in [1.54, 1.807) is 48.5 Å². The number of halogens is 3. The van der Waals surface area contributed by atoms with Crippen molar-refractivity contribution in [3.8, 4) is 17.6 Å². The maximum atomic E-state index is 13.0. The first-order valence-electron chi connectivity index (χ1n) is 9.54. The molecule has 0 aromatic heterocycles. The van der Waals surface area contributed by atoms with Gasteiger partial charge in [0.25, 0.3) is 0 Å². The quantitative estimate of drug-likeness (QED) is 0.250. The highest BCUT2D eigenvalue weighted by atomic mass is 35.5. The van der Waals surface area contributed by atoms with Gasteiger partial charge in [-0.3, -0.25) is 0 Å². The van der Waals surface area contributed by atoms with E-state index in [1.165, 1.54) is 25.3 Å². The Morgan fingerprint density at radius 1 is 1.03 bits per heavy atom. The van der Waals surface area contributed by atoms with Crippen LogP contribution in [0.25, 0.3) is 6.08 Å². The minimum absolute atomic E-state index is 0.0174. The topological polar surface area (TPSA) is 76.4 Å². The molecule has 0 aliphatic heterocycles. The lowest BCUT2D eigenvalue weighted by molar-refractivity contribution is 0.284. The number of sulfone groups is 1. The lowest BCUT2D eigenvalue weighted by atomic mass is 10.1. The molecule has 0 fully saturated rings. The van der Waals surface area contributed by atoms with Crippen molar-refractivity contribution in [2.24, 2.45) is 0 Å². The third kappa shape index (κ3) is 5.45. The number of benzene rings is 3. The molecule has 33 heavy (non-hydrogen) atoms. The van der Waals surface area contributed by atoms with E-state index in [4.69, 9.17) is 44.3 Å². The molecular formula is C24H18Cl3NO4S. The van der Waals surface area contributed by atoms with Crippen molar-refractivity contribution in [1.29, 1.82) is 5.26 Å². The van der Waals surface area contributed by atoms with Gasteiger partial charge in [0.15, 0.2) is 11.5 Å². The van der Waals surface area contributed by atoms with E-state index < -0.39 is 14.7 Å². The highest BCUT2D eigenvalue weighted by Crippen LogP contribution is 2.37. The smallest absolute Gasteiger partial charge is 0.216 e. The fourth-order valence-electron chi connectivity index (χ4n) is 2.96. The Balaban J connectivity index is 2.05. The average Bonchev–Trinajstić information content (AvgIpc) is 2.80. The molecule has 0 aliphatic rings. The second-order valence-corrected chi connectivity index (χ2v) is 10.0. The van der Waals surface area contributed by atoms with Crippen LogP contribution >= 0.6 is 34.8 Å². The molecule has 0 aliphatic carbocycles. The molecule has 0 spiro atoms. The summed E-state index contributed by atoms with van der Waals surface area (Å²) in [5.41, 5.74) is 1.69. The monoisotopic (exact) mass is 521 g/mol. The third-order valence-corrected chi connectivity index (χ3v) is 7.63. The van der Waals surface area contributed by atoms with Crippen LogP contribution in [-0.2, 0) is 16.4 Å². The van der Waals surface area contributed by atoms with Gasteiger partial charge >= 0.3 is 0 Å². The van der Waals surface area contributed by atoms with Crippen molar-refractivity contribution in [2.75, 3.05) is 7.11 Å². The minimum Gasteiger partial charge on any atom is -0.493 e. The second-order valence-electron chi connectivity index (χ2n) is 6.93. The summed E-state index contributed by atoms with van der Waals surface area (Å²) in [4.78, 5) is -0.424. The largest absolute Gasteiger partial charge is 0.493 e. The van der Waals surface area contributed by atoms with Gasteiger partial charge in [0.1, 0.15) is 17.6 Å². The van der Waals surface area contributed by atoms with Gasteiger partial charge in [0, 0.05) is 16.1 Å². The van der Waals surface area contributed by atoms with Crippen LogP contribution in [-0.4, -0.2) is 15.5 Å². The van der Waals surface area contributed by atoms with Crippen LogP contribution in [0.1, 0.15) is 16.7 Å². The van der Waals surface area contributed by atoms with Crippen LogP contribution in [0.2, 0.25) is 15.1 Å². The number of aryl methyl sites for hydroxylation is 1. The van der Waals surface area contributed by atoms with Gasteiger partial charge in [-0.15, -0.1) is 0 Å². The highest BCUT2D eigenvalue weighted by molar-refractivity contribution is 7.95. The molecule has 3 rings (SSSR count). The fourth-order valence-corrected chi connectivity index (χ4v) is 4.77. The molecule has 0 amide bonds. The summed E-state index contributed by atoms with van der Waals surface area (Å²) in [5, 5.41) is 10.6. The number of nitriles is 1. The number of hydrogen-bond acceptors (Lipinski definition) is 5. The van der Waals surface area contributed by atoms with Crippen molar-refractivity contribution in [3.05, 3.63) is 91.3 Å². The summed E-state index contributed by atoms with van der Waals surface area (Å²) in [6.45, 7) is 1.78. The van der Waals surface area contributed by atoms with Gasteiger partial charge in [-0.05, 0) is 43.3 Å². The van der Waals surface area contributed by atoms with E-state index in [0.29, 0.717) is 26.9 Å². The van der Waals surface area contributed by atoms with Crippen LogP contribution in [0.5, 0.6) is 11.5 Å². The predicted molar refractivity (Wildman–Crippen MR) is 131 cm³/mol. The highest BCUT2D eigenvalue weighted by Gasteiger charge is 2.22. The van der Waals surface area contributed by atoms with Crippen LogP contribution < -0.4 is 9.47 Å². The number of nitrogens with zero attached hydrogens (tertiary/aromatic N) is 1. The maximum absolute atomic E-state index is 13.0. The molecule has 170 valence electrons. The summed E-state index contributed by atoms with van der Waals surface area (Å²) >= 11 is 18.6. The first-order chi connectivity index (χ1) is 15.7. The zero-order valence-electron chi connectivity index (χ0n) is 17.6. The van der Waals surface area contributed by atoms with Gasteiger partial charge in [0.2, 0.25) is 9.84 Å². The Kier molecular flexibility index (Phi) is 7.93. The van der Waals surface area contributed by atoms with E-state index in [0.717, 1.165) is 5.56 Å². The second kappa shape index (κ2) is 10.5. The van der Waals surface area contributed by atoms with Gasteiger partial charge in [0.05, 0.1) is 22.1 Å². The molecule has 3 aromatic rings. The zero-order valence-corrected chi connectivity index (χ0v) is 20.7. The average molecular weight is 523 g/mol. The van der Waals surface area contributed by atoms with E-state index in [1.807, 2.05) is 6.92 Å². The van der Waals surface area contributed by atoms with Crippen LogP contribution in [0.4, 0.5) is 0 Å². The molecule has 5 nitrogen and oxygen atoms in total. The molecule has 0 saturated carbocycles. The fraction of sp³-hybridized carbons (Fsp3) is 0.125. The lowest BCUT2D eigenvalue weighted by Gasteiger charge is -2.15. The van der Waals surface area contributed by atoms with Crippen LogP contribution in [0.3, 0.4) is 0 Å². The van der Waals surface area contributed by atoms with Gasteiger partial charge < -0.3 is 9.47 Å². The van der Waals surface area contributed by atoms with E-state index >= 15 is 0 Å². The SMILES string of the molecule is COc1cccc(C=C(C#N)S(=O)(=O)c2ccc(C)cc2)c1OCc1c(Cl)ccc(Cl)c1Cl. The Morgan fingerprint density at radius 2 is 1.70 bits per heavy atom. The zero-order chi connectivity index (χ0) is 24.2. The van der Waals surface area contributed by atoms with Crippen molar-refractivity contribution >= 4 is 50.7 Å². The number of allylic oxidation sites excluding steroid dienone is 1. The number of hydrogen-bond donors (Lipinski definition) is 0. The lowest BCUT2D eigenvalue weighted by Crippen LogP contribution is -2.05. The Bertz CT molecular complexity index is 1360. The van der Waals surface area contributed by atoms with Gasteiger partial charge in [-0.2, -0.15) is 5.26 Å². The molecule has 0 atom stereocenters. The van der Waals surface area contributed by atoms with Gasteiger partial charge in [-0.25, -0.2) is 8.42 Å². The molecule has 0 saturated heterocycles. The van der Waals surface area contributed by atoms with E-state index in [2.05, 4.69) is 0 Å². The number of rotatable bonds is 7. The molecule has 0 radical (unpaired) electrons. The maximum Gasteiger partial charge on any atom is 0.216 e. The Hall–Kier alpha value is -2.69.